The highest BCUT2D eigenvalue weighted by molar-refractivity contribution is 5.92. The van der Waals surface area contributed by atoms with Crippen LogP contribution in [0.1, 0.15) is 27.5 Å². The number of benzene rings is 2. The van der Waals surface area contributed by atoms with Crippen molar-refractivity contribution in [1.82, 2.24) is 20.8 Å². The van der Waals surface area contributed by atoms with Crippen LogP contribution in [0.4, 0.5) is 0 Å². The van der Waals surface area contributed by atoms with Gasteiger partial charge in [-0.1, -0.05) is 60.7 Å². The van der Waals surface area contributed by atoms with Crippen molar-refractivity contribution in [3.63, 3.8) is 0 Å². The summed E-state index contributed by atoms with van der Waals surface area (Å²) in [6, 6.07) is 21.6. The maximum absolute atomic E-state index is 12.8. The Bertz CT molecular complexity index is 927. The van der Waals surface area contributed by atoms with Crippen LogP contribution in [0, 0.1) is 0 Å². The standard InChI is InChI=1S/C21H20N4O3/c26-18-12-11-17(24-25-18)20(27)22-13-14-23-21(28)19(15-7-3-1-4-8-15)16-9-5-2-6-10-16/h1-12,19H,13-14H2,(H,22,27)(H,23,28)(H,25,26). The van der Waals surface area contributed by atoms with Crippen LogP contribution in [0.5, 0.6) is 0 Å². The molecular weight excluding hydrogens is 356 g/mol. The Morgan fingerprint density at radius 1 is 0.821 bits per heavy atom. The Balaban J connectivity index is 1.59. The van der Waals surface area contributed by atoms with Crippen LogP contribution < -0.4 is 16.2 Å². The molecule has 142 valence electrons. The highest BCUT2D eigenvalue weighted by Crippen LogP contribution is 2.24. The molecule has 2 amide bonds. The van der Waals surface area contributed by atoms with E-state index in [9.17, 15) is 14.4 Å². The minimum Gasteiger partial charge on any atom is -0.354 e. The van der Waals surface area contributed by atoms with Gasteiger partial charge < -0.3 is 10.6 Å². The van der Waals surface area contributed by atoms with E-state index in [2.05, 4.69) is 20.8 Å². The zero-order chi connectivity index (χ0) is 19.8. The number of rotatable bonds is 7. The van der Waals surface area contributed by atoms with Crippen molar-refractivity contribution < 1.29 is 9.59 Å². The molecule has 0 spiro atoms. The predicted molar refractivity (Wildman–Crippen MR) is 105 cm³/mol. The van der Waals surface area contributed by atoms with Crippen LogP contribution in [0.25, 0.3) is 0 Å². The molecule has 1 heterocycles. The molecule has 0 aliphatic heterocycles. The van der Waals surface area contributed by atoms with E-state index in [0.717, 1.165) is 11.1 Å². The van der Waals surface area contributed by atoms with Crippen molar-refractivity contribution >= 4 is 11.8 Å². The third-order valence-electron chi connectivity index (χ3n) is 4.15. The lowest BCUT2D eigenvalue weighted by atomic mass is 9.90. The number of hydrogen-bond acceptors (Lipinski definition) is 4. The summed E-state index contributed by atoms with van der Waals surface area (Å²) in [5, 5.41) is 11.4. The topological polar surface area (TPSA) is 104 Å². The van der Waals surface area contributed by atoms with Crippen molar-refractivity contribution in [2.75, 3.05) is 13.1 Å². The van der Waals surface area contributed by atoms with Gasteiger partial charge in [-0.25, -0.2) is 5.10 Å². The molecule has 0 fully saturated rings. The van der Waals surface area contributed by atoms with E-state index in [1.807, 2.05) is 60.7 Å². The van der Waals surface area contributed by atoms with Gasteiger partial charge in [-0.2, -0.15) is 5.10 Å². The summed E-state index contributed by atoms with van der Waals surface area (Å²) in [7, 11) is 0. The molecule has 0 atom stereocenters. The van der Waals surface area contributed by atoms with Gasteiger partial charge in [0, 0.05) is 19.2 Å². The van der Waals surface area contributed by atoms with Gasteiger partial charge in [-0.05, 0) is 17.2 Å². The van der Waals surface area contributed by atoms with Crippen molar-refractivity contribution in [2.24, 2.45) is 0 Å². The summed E-state index contributed by atoms with van der Waals surface area (Å²) in [5.41, 5.74) is 1.52. The summed E-state index contributed by atoms with van der Waals surface area (Å²) in [5.74, 6) is -0.999. The lowest BCUT2D eigenvalue weighted by Gasteiger charge is -2.18. The number of hydrogen-bond donors (Lipinski definition) is 3. The molecule has 0 bridgehead atoms. The normalized spacial score (nSPS) is 10.5. The Kier molecular flexibility index (Phi) is 6.30. The van der Waals surface area contributed by atoms with Crippen LogP contribution in [0.2, 0.25) is 0 Å². The van der Waals surface area contributed by atoms with Gasteiger partial charge in [0.2, 0.25) is 5.91 Å². The van der Waals surface area contributed by atoms with Crippen LogP contribution >= 0.6 is 0 Å². The average Bonchev–Trinajstić information content (AvgIpc) is 2.73. The number of nitrogens with one attached hydrogen (secondary N) is 3. The number of nitrogens with zero attached hydrogens (tertiary/aromatic N) is 1. The van der Waals surface area contributed by atoms with E-state index < -0.39 is 11.8 Å². The van der Waals surface area contributed by atoms with Gasteiger partial charge in [0.25, 0.3) is 11.5 Å². The van der Waals surface area contributed by atoms with Crippen molar-refractivity contribution in [3.05, 3.63) is 100.0 Å². The molecule has 7 nitrogen and oxygen atoms in total. The quantitative estimate of drug-likeness (QED) is 0.543. The molecule has 1 aromatic heterocycles. The van der Waals surface area contributed by atoms with Gasteiger partial charge in [0.05, 0.1) is 5.92 Å². The first-order valence-electron chi connectivity index (χ1n) is 8.86. The number of aromatic amines is 1. The number of carbonyl (C=O) groups excluding carboxylic acids is 2. The average molecular weight is 376 g/mol. The number of amides is 2. The van der Waals surface area contributed by atoms with Gasteiger partial charge in [0.1, 0.15) is 5.69 Å². The molecule has 3 N–H and O–H groups in total. The zero-order valence-corrected chi connectivity index (χ0v) is 15.1. The van der Waals surface area contributed by atoms with Crippen LogP contribution in [0.3, 0.4) is 0 Å². The Morgan fingerprint density at radius 2 is 1.39 bits per heavy atom. The fraction of sp³-hybridized carbons (Fsp3) is 0.143. The van der Waals surface area contributed by atoms with Crippen LogP contribution in [-0.4, -0.2) is 35.1 Å². The highest BCUT2D eigenvalue weighted by Gasteiger charge is 2.22. The summed E-state index contributed by atoms with van der Waals surface area (Å²) >= 11 is 0. The number of H-pyrrole nitrogens is 1. The van der Waals surface area contributed by atoms with Gasteiger partial charge in [-0.3, -0.25) is 14.4 Å². The number of aromatic nitrogens is 2. The molecule has 0 saturated carbocycles. The molecule has 7 heteroatoms. The smallest absolute Gasteiger partial charge is 0.271 e. The third-order valence-corrected chi connectivity index (χ3v) is 4.15. The van der Waals surface area contributed by atoms with Crippen molar-refractivity contribution in [2.45, 2.75) is 5.92 Å². The van der Waals surface area contributed by atoms with Gasteiger partial charge in [0.15, 0.2) is 0 Å². The first-order chi connectivity index (χ1) is 13.6. The lowest BCUT2D eigenvalue weighted by molar-refractivity contribution is -0.121. The monoisotopic (exact) mass is 376 g/mol. The minimum atomic E-state index is -0.432. The molecule has 28 heavy (non-hydrogen) atoms. The SMILES string of the molecule is O=C(NCCNC(=O)C(c1ccccc1)c1ccccc1)c1ccc(=O)[nH]n1. The fourth-order valence-electron chi connectivity index (χ4n) is 2.81. The van der Waals surface area contributed by atoms with E-state index in [1.54, 1.807) is 0 Å². The molecule has 0 unspecified atom stereocenters. The maximum Gasteiger partial charge on any atom is 0.271 e. The minimum absolute atomic E-state index is 0.109. The molecule has 2 aromatic carbocycles. The summed E-state index contributed by atoms with van der Waals surface area (Å²) in [6.07, 6.45) is 0. The Morgan fingerprint density at radius 3 is 1.93 bits per heavy atom. The van der Waals surface area contributed by atoms with Crippen LogP contribution in [0.15, 0.2) is 77.6 Å². The fourth-order valence-corrected chi connectivity index (χ4v) is 2.81. The zero-order valence-electron chi connectivity index (χ0n) is 15.1. The second-order valence-electron chi connectivity index (χ2n) is 6.11. The molecule has 0 saturated heterocycles. The maximum atomic E-state index is 12.8. The summed E-state index contributed by atoms with van der Waals surface area (Å²) in [6.45, 7) is 0.506. The second kappa shape index (κ2) is 9.27. The lowest BCUT2D eigenvalue weighted by Crippen LogP contribution is -2.37. The van der Waals surface area contributed by atoms with Crippen molar-refractivity contribution in [1.29, 1.82) is 0 Å². The number of carbonyl (C=O) groups is 2. The van der Waals surface area contributed by atoms with Gasteiger partial charge in [-0.15, -0.1) is 0 Å². The molecule has 0 radical (unpaired) electrons. The summed E-state index contributed by atoms with van der Waals surface area (Å²) < 4.78 is 0. The predicted octanol–water partition coefficient (Wildman–Crippen LogP) is 1.45. The van der Waals surface area contributed by atoms with Crippen molar-refractivity contribution in [3.8, 4) is 0 Å². The molecule has 3 rings (SSSR count). The first-order valence-corrected chi connectivity index (χ1v) is 8.86. The van der Waals surface area contributed by atoms with E-state index in [0.29, 0.717) is 0 Å². The van der Waals surface area contributed by atoms with E-state index >= 15 is 0 Å². The van der Waals surface area contributed by atoms with Gasteiger partial charge >= 0.3 is 0 Å². The Hall–Kier alpha value is -3.74. The van der Waals surface area contributed by atoms with E-state index in [-0.39, 0.29) is 30.2 Å². The van der Waals surface area contributed by atoms with Crippen LogP contribution in [-0.2, 0) is 4.79 Å². The van der Waals surface area contributed by atoms with E-state index in [1.165, 1.54) is 12.1 Å². The largest absolute Gasteiger partial charge is 0.354 e. The second-order valence-corrected chi connectivity index (χ2v) is 6.11. The van der Waals surface area contributed by atoms with E-state index in [4.69, 9.17) is 0 Å². The third kappa shape index (κ3) is 4.91. The molecule has 0 aliphatic carbocycles. The summed E-state index contributed by atoms with van der Waals surface area (Å²) in [4.78, 5) is 35.8. The highest BCUT2D eigenvalue weighted by atomic mass is 16.2. The first kappa shape index (κ1) is 19.0. The molecule has 3 aromatic rings. The molecular formula is C21H20N4O3. The Labute approximate surface area is 161 Å². The molecule has 0 aliphatic rings.